The summed E-state index contributed by atoms with van der Waals surface area (Å²) in [6.07, 6.45) is 0.711. The Morgan fingerprint density at radius 3 is 2.63 bits per heavy atom. The molecule has 0 radical (unpaired) electrons. The van der Waals surface area contributed by atoms with E-state index in [0.29, 0.717) is 16.5 Å². The number of amides is 2. The number of carbonyl (C=O) groups is 2. The minimum Gasteiger partial charge on any atom is -0.326 e. The van der Waals surface area contributed by atoms with Gasteiger partial charge in [0.05, 0.1) is 12.1 Å². The molecule has 3 aromatic rings. The van der Waals surface area contributed by atoms with Gasteiger partial charge in [-0.2, -0.15) is 5.10 Å². The van der Waals surface area contributed by atoms with Gasteiger partial charge in [-0.1, -0.05) is 54.4 Å². The molecule has 30 heavy (non-hydrogen) atoms. The van der Waals surface area contributed by atoms with Gasteiger partial charge in [-0.05, 0) is 43.5 Å². The molecule has 7 heteroatoms. The molecule has 0 bridgehead atoms. The van der Waals surface area contributed by atoms with Gasteiger partial charge in [0, 0.05) is 16.3 Å². The number of nitrogens with one attached hydrogen (secondary N) is 2. The minimum atomic E-state index is -0.691. The SMILES string of the molecule is CCc1nn2c(c1-c1ccc(C)cc1)NC(=O)C2CC(=O)Nc1cc(Cl)ccc1C. The molecule has 1 aliphatic heterocycles. The molecular formula is C23H23ClN4O2. The first kappa shape index (κ1) is 20.2. The van der Waals surface area contributed by atoms with Gasteiger partial charge >= 0.3 is 0 Å². The highest BCUT2D eigenvalue weighted by molar-refractivity contribution is 6.31. The molecule has 1 aromatic heterocycles. The van der Waals surface area contributed by atoms with Gasteiger partial charge in [0.15, 0.2) is 0 Å². The molecule has 154 valence electrons. The van der Waals surface area contributed by atoms with Crippen LogP contribution in [-0.4, -0.2) is 21.6 Å². The van der Waals surface area contributed by atoms with E-state index in [1.54, 1.807) is 16.8 Å². The van der Waals surface area contributed by atoms with Gasteiger partial charge in [0.2, 0.25) is 5.91 Å². The predicted molar refractivity (Wildman–Crippen MR) is 119 cm³/mol. The molecule has 1 unspecified atom stereocenters. The van der Waals surface area contributed by atoms with Crippen LogP contribution in [0.2, 0.25) is 5.02 Å². The van der Waals surface area contributed by atoms with Crippen LogP contribution in [0.15, 0.2) is 42.5 Å². The summed E-state index contributed by atoms with van der Waals surface area (Å²) in [4.78, 5) is 25.3. The molecule has 2 N–H and O–H groups in total. The number of benzene rings is 2. The van der Waals surface area contributed by atoms with Gasteiger partial charge in [0.25, 0.3) is 5.91 Å². The first-order chi connectivity index (χ1) is 14.4. The first-order valence-corrected chi connectivity index (χ1v) is 10.3. The number of hydrogen-bond acceptors (Lipinski definition) is 3. The highest BCUT2D eigenvalue weighted by atomic mass is 35.5. The lowest BCUT2D eigenvalue weighted by Crippen LogP contribution is -2.24. The summed E-state index contributed by atoms with van der Waals surface area (Å²) < 4.78 is 1.65. The van der Waals surface area contributed by atoms with Crippen LogP contribution in [0.4, 0.5) is 11.5 Å². The molecule has 2 heterocycles. The van der Waals surface area contributed by atoms with Crippen molar-refractivity contribution >= 4 is 34.9 Å². The average Bonchev–Trinajstić information content (AvgIpc) is 3.21. The number of halogens is 1. The van der Waals surface area contributed by atoms with E-state index >= 15 is 0 Å². The maximum atomic E-state index is 12.7. The molecule has 0 spiro atoms. The molecule has 0 saturated heterocycles. The van der Waals surface area contributed by atoms with E-state index < -0.39 is 6.04 Å². The number of nitrogens with zero attached hydrogens (tertiary/aromatic N) is 2. The third-order valence-electron chi connectivity index (χ3n) is 5.35. The Morgan fingerprint density at radius 1 is 1.20 bits per heavy atom. The standard InChI is InChI=1S/C23H23ClN4O2/c1-4-17-21(15-8-5-13(2)6-9-15)22-26-23(30)19(28(22)27-17)12-20(29)25-18-11-16(24)10-7-14(18)3/h5-11,19H,4,12H2,1-3H3,(H,25,29)(H,26,30). The second-order valence-electron chi connectivity index (χ2n) is 7.55. The highest BCUT2D eigenvalue weighted by Gasteiger charge is 2.36. The summed E-state index contributed by atoms with van der Waals surface area (Å²) in [5.74, 6) is 0.155. The van der Waals surface area contributed by atoms with Crippen molar-refractivity contribution in [2.75, 3.05) is 10.6 Å². The fourth-order valence-electron chi connectivity index (χ4n) is 3.69. The Labute approximate surface area is 180 Å². The van der Waals surface area contributed by atoms with Crippen LogP contribution in [0.25, 0.3) is 11.1 Å². The Morgan fingerprint density at radius 2 is 1.93 bits per heavy atom. The van der Waals surface area contributed by atoms with Crippen molar-refractivity contribution in [3.8, 4) is 11.1 Å². The fourth-order valence-corrected chi connectivity index (χ4v) is 3.87. The summed E-state index contributed by atoms with van der Waals surface area (Å²) in [6, 6.07) is 12.7. The number of anilines is 2. The quantitative estimate of drug-likeness (QED) is 0.613. The molecule has 0 fully saturated rings. The van der Waals surface area contributed by atoms with E-state index in [-0.39, 0.29) is 18.2 Å². The summed E-state index contributed by atoms with van der Waals surface area (Å²) >= 11 is 6.04. The molecule has 0 aliphatic carbocycles. The van der Waals surface area contributed by atoms with Crippen LogP contribution >= 0.6 is 11.6 Å². The van der Waals surface area contributed by atoms with E-state index in [4.69, 9.17) is 11.6 Å². The molecule has 4 rings (SSSR count). The monoisotopic (exact) mass is 422 g/mol. The van der Waals surface area contributed by atoms with Crippen LogP contribution in [0.3, 0.4) is 0 Å². The Kier molecular flexibility index (Phi) is 5.35. The van der Waals surface area contributed by atoms with Crippen LogP contribution in [-0.2, 0) is 16.0 Å². The Bertz CT molecular complexity index is 1130. The van der Waals surface area contributed by atoms with Gasteiger partial charge in [-0.25, -0.2) is 4.68 Å². The van der Waals surface area contributed by atoms with Gasteiger partial charge in [-0.15, -0.1) is 0 Å². The van der Waals surface area contributed by atoms with E-state index in [1.165, 1.54) is 0 Å². The smallest absolute Gasteiger partial charge is 0.251 e. The Balaban J connectivity index is 1.62. The lowest BCUT2D eigenvalue weighted by Gasteiger charge is -2.12. The largest absolute Gasteiger partial charge is 0.326 e. The second-order valence-corrected chi connectivity index (χ2v) is 7.99. The molecule has 0 saturated carbocycles. The van der Waals surface area contributed by atoms with Crippen LogP contribution in [0, 0.1) is 13.8 Å². The minimum absolute atomic E-state index is 0.0110. The summed E-state index contributed by atoms with van der Waals surface area (Å²) in [5.41, 5.74) is 5.51. The third-order valence-corrected chi connectivity index (χ3v) is 5.59. The van der Waals surface area contributed by atoms with E-state index in [0.717, 1.165) is 34.4 Å². The lowest BCUT2D eigenvalue weighted by atomic mass is 10.0. The third kappa shape index (κ3) is 3.71. The predicted octanol–water partition coefficient (Wildman–Crippen LogP) is 4.90. The number of aromatic nitrogens is 2. The van der Waals surface area contributed by atoms with Gasteiger partial charge < -0.3 is 10.6 Å². The van der Waals surface area contributed by atoms with Gasteiger partial charge in [0.1, 0.15) is 11.9 Å². The second kappa shape index (κ2) is 7.95. The van der Waals surface area contributed by atoms with Crippen molar-refractivity contribution in [1.82, 2.24) is 9.78 Å². The fraction of sp³-hybridized carbons (Fsp3) is 0.261. The molecule has 2 aromatic carbocycles. The van der Waals surface area contributed by atoms with Crippen molar-refractivity contribution in [2.45, 2.75) is 39.7 Å². The summed E-state index contributed by atoms with van der Waals surface area (Å²) in [7, 11) is 0. The van der Waals surface area contributed by atoms with E-state index in [2.05, 4.69) is 15.7 Å². The summed E-state index contributed by atoms with van der Waals surface area (Å²) in [6.45, 7) is 5.95. The number of aryl methyl sites for hydroxylation is 3. The zero-order valence-electron chi connectivity index (χ0n) is 17.1. The maximum absolute atomic E-state index is 12.7. The zero-order valence-corrected chi connectivity index (χ0v) is 17.9. The van der Waals surface area contributed by atoms with Gasteiger partial charge in [-0.3, -0.25) is 9.59 Å². The van der Waals surface area contributed by atoms with Crippen LogP contribution in [0.5, 0.6) is 0 Å². The number of rotatable bonds is 5. The molecule has 2 amide bonds. The van der Waals surface area contributed by atoms with E-state index in [1.807, 2.05) is 51.1 Å². The van der Waals surface area contributed by atoms with Crippen molar-refractivity contribution in [3.05, 3.63) is 64.3 Å². The van der Waals surface area contributed by atoms with Crippen molar-refractivity contribution in [2.24, 2.45) is 0 Å². The first-order valence-electron chi connectivity index (χ1n) is 9.92. The van der Waals surface area contributed by atoms with Crippen LogP contribution < -0.4 is 10.6 Å². The number of hydrogen-bond donors (Lipinski definition) is 2. The van der Waals surface area contributed by atoms with Crippen LogP contribution in [0.1, 0.15) is 36.2 Å². The molecule has 6 nitrogen and oxygen atoms in total. The highest BCUT2D eigenvalue weighted by Crippen LogP contribution is 2.39. The van der Waals surface area contributed by atoms with Crippen molar-refractivity contribution in [3.63, 3.8) is 0 Å². The molecule has 1 aliphatic rings. The topological polar surface area (TPSA) is 76.0 Å². The van der Waals surface area contributed by atoms with E-state index in [9.17, 15) is 9.59 Å². The molecular weight excluding hydrogens is 400 g/mol. The number of fused-ring (bicyclic) bond motifs is 1. The van der Waals surface area contributed by atoms with Crippen molar-refractivity contribution < 1.29 is 9.59 Å². The van der Waals surface area contributed by atoms with Crippen molar-refractivity contribution in [1.29, 1.82) is 0 Å². The maximum Gasteiger partial charge on any atom is 0.251 e. The molecule has 1 atom stereocenters. The number of carbonyl (C=O) groups excluding carboxylic acids is 2. The Hall–Kier alpha value is -3.12. The lowest BCUT2D eigenvalue weighted by molar-refractivity contribution is -0.123. The zero-order chi connectivity index (χ0) is 21.4. The normalized spacial score (nSPS) is 15.1. The summed E-state index contributed by atoms with van der Waals surface area (Å²) in [5, 5.41) is 11.0. The average molecular weight is 423 g/mol.